The number of rotatable bonds is 3. The van der Waals surface area contributed by atoms with Gasteiger partial charge in [-0.3, -0.25) is 0 Å². The first kappa shape index (κ1) is 15.6. The number of aromatic nitrogens is 1. The van der Waals surface area contributed by atoms with Gasteiger partial charge in [-0.05, 0) is 70.0 Å². The lowest BCUT2D eigenvalue weighted by Gasteiger charge is -2.40. The van der Waals surface area contributed by atoms with E-state index in [-0.39, 0.29) is 0 Å². The first-order valence-corrected chi connectivity index (χ1v) is 10.3. The van der Waals surface area contributed by atoms with Crippen molar-refractivity contribution in [2.45, 2.75) is 44.6 Å². The van der Waals surface area contributed by atoms with Crippen LogP contribution in [0.5, 0.6) is 0 Å². The molecule has 2 aromatic rings. The Morgan fingerprint density at radius 2 is 2.00 bits per heavy atom. The molecule has 0 bridgehead atoms. The lowest BCUT2D eigenvalue weighted by molar-refractivity contribution is 0.136. The normalized spacial score (nSPS) is 26.9. The summed E-state index contributed by atoms with van der Waals surface area (Å²) in [6, 6.07) is 7.55. The minimum Gasteiger partial charge on any atom is -0.344 e. The highest BCUT2D eigenvalue weighted by Crippen LogP contribution is 2.43. The molecule has 3 aliphatic rings. The van der Waals surface area contributed by atoms with Crippen LogP contribution in [0.25, 0.3) is 10.2 Å². The van der Waals surface area contributed by atoms with Crippen molar-refractivity contribution in [3.05, 3.63) is 47.1 Å². The van der Waals surface area contributed by atoms with Crippen LogP contribution in [0, 0.1) is 0 Å². The SMILES string of the molecule is CC1=CC=CN(c2ccc3nc([C@H]4C[C@H](N5CCCC5)C4)sc3c2)C1. The monoisotopic (exact) mass is 351 g/mol. The number of nitrogens with zero attached hydrogens (tertiary/aromatic N) is 3. The van der Waals surface area contributed by atoms with E-state index in [0.29, 0.717) is 5.92 Å². The second kappa shape index (κ2) is 6.26. The molecule has 0 amide bonds. The fourth-order valence-corrected chi connectivity index (χ4v) is 5.47. The van der Waals surface area contributed by atoms with Crippen LogP contribution < -0.4 is 4.90 Å². The molecule has 1 aliphatic carbocycles. The molecule has 25 heavy (non-hydrogen) atoms. The maximum atomic E-state index is 4.95. The van der Waals surface area contributed by atoms with Gasteiger partial charge in [0.2, 0.25) is 0 Å². The summed E-state index contributed by atoms with van der Waals surface area (Å²) in [6.45, 7) is 5.80. The molecule has 1 aromatic heterocycles. The molecule has 0 radical (unpaired) electrons. The molecule has 0 spiro atoms. The number of hydrogen-bond acceptors (Lipinski definition) is 4. The average molecular weight is 352 g/mol. The molecule has 0 N–H and O–H groups in total. The van der Waals surface area contributed by atoms with E-state index in [4.69, 9.17) is 4.98 Å². The fourth-order valence-electron chi connectivity index (χ4n) is 4.34. The second-order valence-corrected chi connectivity index (χ2v) is 8.81. The van der Waals surface area contributed by atoms with Crippen molar-refractivity contribution in [1.29, 1.82) is 0 Å². The summed E-state index contributed by atoms with van der Waals surface area (Å²) in [5.74, 6) is 0.687. The molecule has 1 saturated heterocycles. The number of thiazole rings is 1. The topological polar surface area (TPSA) is 19.4 Å². The van der Waals surface area contributed by atoms with E-state index >= 15 is 0 Å². The minimum absolute atomic E-state index is 0.687. The minimum atomic E-state index is 0.687. The predicted octanol–water partition coefficient (Wildman–Crippen LogP) is 4.92. The highest BCUT2D eigenvalue weighted by molar-refractivity contribution is 7.18. The average Bonchev–Trinajstić information content (AvgIpc) is 3.22. The molecule has 4 heteroatoms. The molecule has 1 saturated carbocycles. The summed E-state index contributed by atoms with van der Waals surface area (Å²) in [7, 11) is 0. The Labute approximate surface area is 153 Å². The number of fused-ring (bicyclic) bond motifs is 1. The van der Waals surface area contributed by atoms with Gasteiger partial charge in [0.1, 0.15) is 0 Å². The largest absolute Gasteiger partial charge is 0.344 e. The van der Waals surface area contributed by atoms with Crippen LogP contribution in [0.2, 0.25) is 0 Å². The maximum absolute atomic E-state index is 4.95. The Hall–Kier alpha value is -1.65. The third kappa shape index (κ3) is 2.91. The Kier molecular flexibility index (Phi) is 3.90. The molecule has 0 atom stereocenters. The number of benzene rings is 1. The molecule has 5 rings (SSSR count). The first-order chi connectivity index (χ1) is 12.3. The van der Waals surface area contributed by atoms with Gasteiger partial charge in [0.15, 0.2) is 0 Å². The fraction of sp³-hybridized carbons (Fsp3) is 0.476. The van der Waals surface area contributed by atoms with Gasteiger partial charge in [0, 0.05) is 30.4 Å². The Bertz CT molecular complexity index is 838. The third-order valence-corrected chi connectivity index (χ3v) is 7.09. The van der Waals surface area contributed by atoms with E-state index < -0.39 is 0 Å². The molecular weight excluding hydrogens is 326 g/mol. The van der Waals surface area contributed by atoms with E-state index in [9.17, 15) is 0 Å². The van der Waals surface area contributed by atoms with E-state index in [2.05, 4.69) is 53.3 Å². The zero-order valence-corrected chi connectivity index (χ0v) is 15.6. The van der Waals surface area contributed by atoms with E-state index in [1.807, 2.05) is 11.3 Å². The van der Waals surface area contributed by atoms with Crippen LogP contribution in [0.4, 0.5) is 5.69 Å². The lowest BCUT2D eigenvalue weighted by atomic mass is 9.80. The van der Waals surface area contributed by atoms with Crippen LogP contribution in [0.3, 0.4) is 0 Å². The van der Waals surface area contributed by atoms with E-state index in [1.165, 1.54) is 65.3 Å². The van der Waals surface area contributed by atoms with Crippen molar-refractivity contribution < 1.29 is 0 Å². The number of anilines is 1. The quantitative estimate of drug-likeness (QED) is 0.782. The van der Waals surface area contributed by atoms with Crippen LogP contribution in [0.15, 0.2) is 42.1 Å². The zero-order chi connectivity index (χ0) is 16.8. The Balaban J connectivity index is 1.32. The van der Waals surface area contributed by atoms with Gasteiger partial charge < -0.3 is 9.80 Å². The van der Waals surface area contributed by atoms with Gasteiger partial charge in [-0.15, -0.1) is 11.3 Å². The predicted molar refractivity (Wildman–Crippen MR) is 106 cm³/mol. The van der Waals surface area contributed by atoms with Gasteiger partial charge in [-0.25, -0.2) is 4.98 Å². The van der Waals surface area contributed by atoms with Gasteiger partial charge in [0.25, 0.3) is 0 Å². The number of allylic oxidation sites excluding steroid dienone is 2. The zero-order valence-electron chi connectivity index (χ0n) is 14.8. The van der Waals surface area contributed by atoms with E-state index in [0.717, 1.165) is 12.6 Å². The third-order valence-electron chi connectivity index (χ3n) is 5.91. The summed E-state index contributed by atoms with van der Waals surface area (Å²) >= 11 is 1.91. The highest BCUT2D eigenvalue weighted by atomic mass is 32.1. The van der Waals surface area contributed by atoms with Crippen molar-refractivity contribution in [2.24, 2.45) is 0 Å². The van der Waals surface area contributed by atoms with Crippen molar-refractivity contribution in [1.82, 2.24) is 9.88 Å². The number of hydrogen-bond donors (Lipinski definition) is 0. The van der Waals surface area contributed by atoms with Gasteiger partial charge >= 0.3 is 0 Å². The standard InChI is InChI=1S/C21H25N3S/c1-15-5-4-10-24(14-15)17-6-7-19-20(13-17)25-21(22-19)16-11-18(12-16)23-8-2-3-9-23/h4-7,10,13,16,18H,2-3,8-9,11-12,14H2,1H3/t16-,18-. The Morgan fingerprint density at radius 3 is 2.80 bits per heavy atom. The maximum Gasteiger partial charge on any atom is 0.0970 e. The molecule has 1 aromatic carbocycles. The molecule has 130 valence electrons. The summed E-state index contributed by atoms with van der Waals surface area (Å²) in [5, 5.41) is 1.35. The summed E-state index contributed by atoms with van der Waals surface area (Å²) in [4.78, 5) is 9.96. The smallest absolute Gasteiger partial charge is 0.0970 e. The summed E-state index contributed by atoms with van der Waals surface area (Å²) in [6.07, 6.45) is 11.9. The van der Waals surface area contributed by atoms with Crippen LogP contribution >= 0.6 is 11.3 Å². The van der Waals surface area contributed by atoms with Crippen molar-refractivity contribution in [3.8, 4) is 0 Å². The van der Waals surface area contributed by atoms with Gasteiger partial charge in [-0.2, -0.15) is 0 Å². The highest BCUT2D eigenvalue weighted by Gasteiger charge is 2.37. The summed E-state index contributed by atoms with van der Waals surface area (Å²) < 4.78 is 1.33. The number of likely N-dealkylation sites (tertiary alicyclic amines) is 1. The molecular formula is C21H25N3S. The van der Waals surface area contributed by atoms with Gasteiger partial charge in [-0.1, -0.05) is 11.6 Å². The molecule has 3 nitrogen and oxygen atoms in total. The van der Waals surface area contributed by atoms with Crippen LogP contribution in [-0.4, -0.2) is 35.6 Å². The van der Waals surface area contributed by atoms with Crippen molar-refractivity contribution in [3.63, 3.8) is 0 Å². The van der Waals surface area contributed by atoms with Crippen LogP contribution in [-0.2, 0) is 0 Å². The molecule has 0 unspecified atom stereocenters. The van der Waals surface area contributed by atoms with Gasteiger partial charge in [0.05, 0.1) is 15.2 Å². The van der Waals surface area contributed by atoms with E-state index in [1.54, 1.807) is 0 Å². The molecule has 2 aliphatic heterocycles. The lowest BCUT2D eigenvalue weighted by Crippen LogP contribution is -2.42. The van der Waals surface area contributed by atoms with Crippen molar-refractivity contribution >= 4 is 27.2 Å². The molecule has 3 heterocycles. The Morgan fingerprint density at radius 1 is 1.16 bits per heavy atom. The van der Waals surface area contributed by atoms with Crippen molar-refractivity contribution in [2.75, 3.05) is 24.5 Å². The second-order valence-electron chi connectivity index (χ2n) is 7.75. The van der Waals surface area contributed by atoms with Crippen LogP contribution in [0.1, 0.15) is 43.5 Å². The molecule has 2 fully saturated rings. The first-order valence-electron chi connectivity index (χ1n) is 9.51. The summed E-state index contributed by atoms with van der Waals surface area (Å²) in [5.41, 5.74) is 3.84.